The maximum atomic E-state index is 13.0. The van der Waals surface area contributed by atoms with Crippen LogP contribution in [0.1, 0.15) is 15.9 Å². The van der Waals surface area contributed by atoms with Gasteiger partial charge in [-0.25, -0.2) is 4.39 Å². The minimum absolute atomic E-state index is 0.158. The second-order valence-corrected chi connectivity index (χ2v) is 4.48. The molecule has 0 fully saturated rings. The summed E-state index contributed by atoms with van der Waals surface area (Å²) in [6.07, 6.45) is 0.549. The molecule has 2 aromatic rings. The Morgan fingerprint density at radius 2 is 1.95 bits per heavy atom. The first-order chi connectivity index (χ1) is 9.63. The molecule has 0 heterocycles. The van der Waals surface area contributed by atoms with Crippen molar-refractivity contribution >= 4 is 17.9 Å². The Kier molecular flexibility index (Phi) is 4.58. The van der Waals surface area contributed by atoms with Crippen molar-refractivity contribution in [3.8, 4) is 11.5 Å². The van der Waals surface area contributed by atoms with Crippen molar-refractivity contribution in [2.45, 2.75) is 6.61 Å². The van der Waals surface area contributed by atoms with Gasteiger partial charge >= 0.3 is 0 Å². The van der Waals surface area contributed by atoms with E-state index in [4.69, 9.17) is 21.1 Å². The van der Waals surface area contributed by atoms with Crippen molar-refractivity contribution in [1.29, 1.82) is 0 Å². The van der Waals surface area contributed by atoms with Gasteiger partial charge in [-0.1, -0.05) is 11.6 Å². The molecule has 0 spiro atoms. The molecule has 104 valence electrons. The quantitative estimate of drug-likeness (QED) is 0.785. The van der Waals surface area contributed by atoms with Gasteiger partial charge in [-0.2, -0.15) is 0 Å². The van der Waals surface area contributed by atoms with Gasteiger partial charge < -0.3 is 9.47 Å². The first kappa shape index (κ1) is 14.3. The van der Waals surface area contributed by atoms with Gasteiger partial charge in [0.1, 0.15) is 23.9 Å². The van der Waals surface area contributed by atoms with Crippen molar-refractivity contribution in [2.75, 3.05) is 7.11 Å². The van der Waals surface area contributed by atoms with Crippen molar-refractivity contribution in [2.24, 2.45) is 0 Å². The van der Waals surface area contributed by atoms with Crippen molar-refractivity contribution in [3.63, 3.8) is 0 Å². The second kappa shape index (κ2) is 6.39. The van der Waals surface area contributed by atoms with E-state index in [9.17, 15) is 9.18 Å². The first-order valence-corrected chi connectivity index (χ1v) is 6.22. The number of rotatable bonds is 5. The highest BCUT2D eigenvalue weighted by Crippen LogP contribution is 2.25. The average Bonchev–Trinajstić information content (AvgIpc) is 2.46. The van der Waals surface area contributed by atoms with Crippen LogP contribution in [0.3, 0.4) is 0 Å². The second-order valence-electron chi connectivity index (χ2n) is 4.04. The molecule has 0 amide bonds. The van der Waals surface area contributed by atoms with Gasteiger partial charge in [0.15, 0.2) is 6.29 Å². The van der Waals surface area contributed by atoms with Gasteiger partial charge in [-0.15, -0.1) is 0 Å². The summed E-state index contributed by atoms with van der Waals surface area (Å²) in [7, 11) is 1.54. The molecule has 0 saturated carbocycles. The average molecular weight is 295 g/mol. The molecule has 0 bridgehead atoms. The standard InChI is InChI=1S/C15H12ClFO3/c1-19-14-4-2-12(16)6-11(14)9-20-15-5-3-13(17)7-10(15)8-18/h2-8H,9H2,1H3. The van der Waals surface area contributed by atoms with Crippen LogP contribution >= 0.6 is 11.6 Å². The van der Waals surface area contributed by atoms with Crippen molar-refractivity contribution < 1.29 is 18.7 Å². The molecule has 0 aromatic heterocycles. The number of hydrogen-bond donors (Lipinski definition) is 0. The summed E-state index contributed by atoms with van der Waals surface area (Å²) in [6, 6.07) is 8.92. The van der Waals surface area contributed by atoms with Gasteiger partial charge in [0, 0.05) is 10.6 Å². The molecular formula is C15H12ClFO3. The fourth-order valence-electron chi connectivity index (χ4n) is 1.76. The molecule has 2 rings (SSSR count). The SMILES string of the molecule is COc1ccc(Cl)cc1COc1ccc(F)cc1C=O. The zero-order valence-electron chi connectivity index (χ0n) is 10.7. The summed E-state index contributed by atoms with van der Waals surface area (Å²) in [5.41, 5.74) is 0.896. The lowest BCUT2D eigenvalue weighted by molar-refractivity contribution is 0.111. The Morgan fingerprint density at radius 3 is 2.65 bits per heavy atom. The molecule has 0 radical (unpaired) electrons. The van der Waals surface area contributed by atoms with Crippen molar-refractivity contribution in [1.82, 2.24) is 0 Å². The maximum Gasteiger partial charge on any atom is 0.153 e. The van der Waals surface area contributed by atoms with E-state index >= 15 is 0 Å². The van der Waals surface area contributed by atoms with E-state index in [0.29, 0.717) is 22.8 Å². The Labute approximate surface area is 120 Å². The monoisotopic (exact) mass is 294 g/mol. The number of ether oxygens (including phenoxy) is 2. The van der Waals surface area contributed by atoms with Crippen LogP contribution in [-0.2, 0) is 6.61 Å². The maximum absolute atomic E-state index is 13.0. The van der Waals surface area contributed by atoms with Gasteiger partial charge in [0.25, 0.3) is 0 Å². The number of carbonyl (C=O) groups excluding carboxylic acids is 1. The van der Waals surface area contributed by atoms with E-state index in [1.54, 1.807) is 25.3 Å². The highest BCUT2D eigenvalue weighted by Gasteiger charge is 2.08. The van der Waals surface area contributed by atoms with Gasteiger partial charge in [-0.3, -0.25) is 4.79 Å². The molecule has 5 heteroatoms. The third kappa shape index (κ3) is 3.27. The topological polar surface area (TPSA) is 35.5 Å². The number of hydrogen-bond acceptors (Lipinski definition) is 3. The molecule has 0 aliphatic heterocycles. The number of halogens is 2. The fraction of sp³-hybridized carbons (Fsp3) is 0.133. The van der Waals surface area contributed by atoms with Crippen LogP contribution in [-0.4, -0.2) is 13.4 Å². The van der Waals surface area contributed by atoms with E-state index in [2.05, 4.69) is 0 Å². The summed E-state index contributed by atoms with van der Waals surface area (Å²) >= 11 is 5.92. The predicted molar refractivity (Wildman–Crippen MR) is 74.1 cm³/mol. The summed E-state index contributed by atoms with van der Waals surface area (Å²) < 4.78 is 23.7. The number of benzene rings is 2. The molecule has 3 nitrogen and oxygen atoms in total. The normalized spacial score (nSPS) is 10.2. The Balaban J connectivity index is 2.20. The predicted octanol–water partition coefficient (Wildman–Crippen LogP) is 3.88. The van der Waals surface area contributed by atoms with E-state index in [0.717, 1.165) is 11.6 Å². The fourth-order valence-corrected chi connectivity index (χ4v) is 1.95. The van der Waals surface area contributed by atoms with Crippen LogP contribution in [0, 0.1) is 5.82 Å². The molecule has 0 unspecified atom stereocenters. The van der Waals surface area contributed by atoms with Gasteiger partial charge in [-0.05, 0) is 36.4 Å². The molecule has 2 aromatic carbocycles. The minimum Gasteiger partial charge on any atom is -0.496 e. The molecular weight excluding hydrogens is 283 g/mol. The zero-order chi connectivity index (χ0) is 14.5. The third-order valence-corrected chi connectivity index (χ3v) is 2.96. The Morgan fingerprint density at radius 1 is 1.20 bits per heavy atom. The third-order valence-electron chi connectivity index (χ3n) is 2.72. The van der Waals surface area contributed by atoms with Crippen molar-refractivity contribution in [3.05, 3.63) is 58.4 Å². The summed E-state index contributed by atoms with van der Waals surface area (Å²) in [5.74, 6) is 0.451. The molecule has 0 saturated heterocycles. The summed E-state index contributed by atoms with van der Waals surface area (Å²) in [4.78, 5) is 10.9. The highest BCUT2D eigenvalue weighted by molar-refractivity contribution is 6.30. The molecule has 20 heavy (non-hydrogen) atoms. The highest BCUT2D eigenvalue weighted by atomic mass is 35.5. The van der Waals surface area contributed by atoms with Crippen LogP contribution in [0.2, 0.25) is 5.02 Å². The molecule has 0 aliphatic carbocycles. The van der Waals surface area contributed by atoms with E-state index < -0.39 is 5.82 Å². The van der Waals surface area contributed by atoms with E-state index in [1.165, 1.54) is 12.1 Å². The number of methoxy groups -OCH3 is 1. The molecule has 0 aliphatic rings. The van der Waals surface area contributed by atoms with E-state index in [1.807, 2.05) is 0 Å². The van der Waals surface area contributed by atoms with Crippen LogP contribution in [0.4, 0.5) is 4.39 Å². The van der Waals surface area contributed by atoms with Crippen LogP contribution in [0.25, 0.3) is 0 Å². The summed E-state index contributed by atoms with van der Waals surface area (Å²) in [6.45, 7) is 0.163. The van der Waals surface area contributed by atoms with Gasteiger partial charge in [0.05, 0.1) is 12.7 Å². The van der Waals surface area contributed by atoms with Crippen LogP contribution in [0.5, 0.6) is 11.5 Å². The van der Waals surface area contributed by atoms with E-state index in [-0.39, 0.29) is 12.2 Å². The lowest BCUT2D eigenvalue weighted by atomic mass is 10.2. The summed E-state index contributed by atoms with van der Waals surface area (Å²) in [5, 5.41) is 0.555. The smallest absolute Gasteiger partial charge is 0.153 e. The lowest BCUT2D eigenvalue weighted by Crippen LogP contribution is -2.01. The lowest BCUT2D eigenvalue weighted by Gasteiger charge is -2.12. The molecule has 0 N–H and O–H groups in total. The Hall–Kier alpha value is -2.07. The first-order valence-electron chi connectivity index (χ1n) is 5.84. The van der Waals surface area contributed by atoms with Gasteiger partial charge in [0.2, 0.25) is 0 Å². The zero-order valence-corrected chi connectivity index (χ0v) is 11.5. The largest absolute Gasteiger partial charge is 0.496 e. The number of aldehydes is 1. The minimum atomic E-state index is -0.486. The Bertz CT molecular complexity index is 629. The van der Waals surface area contributed by atoms with Crippen LogP contribution in [0.15, 0.2) is 36.4 Å². The number of carbonyl (C=O) groups is 1. The molecule has 0 atom stereocenters. The van der Waals surface area contributed by atoms with Crippen LogP contribution < -0.4 is 9.47 Å².